The van der Waals surface area contributed by atoms with Crippen LogP contribution in [0.25, 0.3) is 0 Å². The summed E-state index contributed by atoms with van der Waals surface area (Å²) < 4.78 is 10.6. The van der Waals surface area contributed by atoms with E-state index in [2.05, 4.69) is 5.32 Å². The Labute approximate surface area is 178 Å². The summed E-state index contributed by atoms with van der Waals surface area (Å²) in [5, 5.41) is 2.68. The number of amides is 3. The first-order valence-electron chi connectivity index (χ1n) is 10.3. The molecule has 0 spiro atoms. The third kappa shape index (κ3) is 7.24. The molecule has 166 valence electrons. The molecular formula is C22H33N3O5. The second kappa shape index (κ2) is 10.3. The lowest BCUT2D eigenvalue weighted by Gasteiger charge is -2.36. The van der Waals surface area contributed by atoms with Gasteiger partial charge in [-0.1, -0.05) is 44.2 Å². The highest BCUT2D eigenvalue weighted by atomic mass is 16.6. The number of benzene rings is 1. The lowest BCUT2D eigenvalue weighted by atomic mass is 10.0. The maximum absolute atomic E-state index is 12.9. The summed E-state index contributed by atoms with van der Waals surface area (Å²) in [6.45, 7) is 10.8. The molecule has 1 aliphatic rings. The number of carbonyl (C=O) groups excluding carboxylic acids is 3. The fourth-order valence-electron chi connectivity index (χ4n) is 3.06. The van der Waals surface area contributed by atoms with Crippen molar-refractivity contribution in [2.75, 3.05) is 26.2 Å². The molecule has 1 heterocycles. The zero-order valence-corrected chi connectivity index (χ0v) is 18.5. The monoisotopic (exact) mass is 419 g/mol. The Morgan fingerprint density at radius 3 is 2.10 bits per heavy atom. The number of rotatable bonds is 5. The van der Waals surface area contributed by atoms with E-state index in [1.54, 1.807) is 30.6 Å². The molecule has 0 aliphatic carbocycles. The van der Waals surface area contributed by atoms with Crippen LogP contribution < -0.4 is 5.32 Å². The molecule has 0 saturated carbocycles. The second-order valence-electron chi connectivity index (χ2n) is 8.72. The van der Waals surface area contributed by atoms with Gasteiger partial charge in [0.2, 0.25) is 5.91 Å². The molecule has 2 rings (SSSR count). The summed E-state index contributed by atoms with van der Waals surface area (Å²) in [6.07, 6.45) is -1.00. The molecule has 8 heteroatoms. The van der Waals surface area contributed by atoms with Crippen LogP contribution in [0.4, 0.5) is 9.59 Å². The van der Waals surface area contributed by atoms with Gasteiger partial charge in [0.15, 0.2) is 0 Å². The molecule has 1 aromatic carbocycles. The van der Waals surface area contributed by atoms with Crippen LogP contribution in [0.1, 0.15) is 40.2 Å². The second-order valence-corrected chi connectivity index (χ2v) is 8.72. The number of nitrogens with zero attached hydrogens (tertiary/aromatic N) is 2. The molecule has 1 saturated heterocycles. The number of nitrogens with one attached hydrogen (secondary N) is 1. The largest absolute Gasteiger partial charge is 0.445 e. The van der Waals surface area contributed by atoms with Gasteiger partial charge in [-0.15, -0.1) is 0 Å². The quantitative estimate of drug-likeness (QED) is 0.793. The molecule has 8 nitrogen and oxygen atoms in total. The van der Waals surface area contributed by atoms with Crippen LogP contribution in [0.2, 0.25) is 0 Å². The van der Waals surface area contributed by atoms with Crippen LogP contribution in [0.15, 0.2) is 30.3 Å². The summed E-state index contributed by atoms with van der Waals surface area (Å²) in [4.78, 5) is 40.6. The minimum atomic E-state index is -0.684. The number of hydrogen-bond acceptors (Lipinski definition) is 5. The molecular weight excluding hydrogens is 386 g/mol. The van der Waals surface area contributed by atoms with Crippen LogP contribution in [0.3, 0.4) is 0 Å². The summed E-state index contributed by atoms with van der Waals surface area (Å²) in [5.74, 6) is -0.271. The van der Waals surface area contributed by atoms with E-state index in [1.807, 2.05) is 44.2 Å². The van der Waals surface area contributed by atoms with Crippen LogP contribution in [-0.2, 0) is 20.9 Å². The SMILES string of the molecule is CC(C)C(NC(=O)OC(C)(C)C)C(=O)N1CCN(C(=O)OCc2ccccc2)CC1. The molecule has 1 atom stereocenters. The Morgan fingerprint density at radius 2 is 1.57 bits per heavy atom. The van der Waals surface area contributed by atoms with Crippen molar-refractivity contribution >= 4 is 18.1 Å². The van der Waals surface area contributed by atoms with Gasteiger partial charge in [0.1, 0.15) is 18.2 Å². The zero-order chi connectivity index (χ0) is 22.3. The van der Waals surface area contributed by atoms with E-state index in [1.165, 1.54) is 0 Å². The molecule has 1 N–H and O–H groups in total. The van der Waals surface area contributed by atoms with Gasteiger partial charge in [0.25, 0.3) is 0 Å². The van der Waals surface area contributed by atoms with Crippen molar-refractivity contribution in [1.82, 2.24) is 15.1 Å². The third-order valence-corrected chi connectivity index (χ3v) is 4.66. The van der Waals surface area contributed by atoms with E-state index >= 15 is 0 Å². The summed E-state index contributed by atoms with van der Waals surface area (Å²) in [7, 11) is 0. The van der Waals surface area contributed by atoms with Crippen molar-refractivity contribution in [2.45, 2.75) is 52.9 Å². The van der Waals surface area contributed by atoms with Crippen LogP contribution in [0.5, 0.6) is 0 Å². The van der Waals surface area contributed by atoms with E-state index in [0.717, 1.165) is 5.56 Å². The molecule has 30 heavy (non-hydrogen) atoms. The normalized spacial score (nSPS) is 15.5. The predicted octanol–water partition coefficient (Wildman–Crippen LogP) is 3.02. The van der Waals surface area contributed by atoms with E-state index in [4.69, 9.17) is 9.47 Å². The number of hydrogen-bond donors (Lipinski definition) is 1. The van der Waals surface area contributed by atoms with Crippen molar-refractivity contribution in [3.05, 3.63) is 35.9 Å². The van der Waals surface area contributed by atoms with E-state index < -0.39 is 23.8 Å². The minimum Gasteiger partial charge on any atom is -0.445 e. The lowest BCUT2D eigenvalue weighted by molar-refractivity contribution is -0.136. The first-order chi connectivity index (χ1) is 14.1. The summed E-state index contributed by atoms with van der Waals surface area (Å²) in [5.41, 5.74) is 0.285. The highest BCUT2D eigenvalue weighted by Gasteiger charge is 2.33. The predicted molar refractivity (Wildman–Crippen MR) is 113 cm³/mol. The molecule has 1 aliphatic heterocycles. The Balaban J connectivity index is 1.85. The molecule has 0 radical (unpaired) electrons. The fraction of sp³-hybridized carbons (Fsp3) is 0.591. The van der Waals surface area contributed by atoms with E-state index in [0.29, 0.717) is 26.2 Å². The topological polar surface area (TPSA) is 88.2 Å². The smallest absolute Gasteiger partial charge is 0.410 e. The summed E-state index contributed by atoms with van der Waals surface area (Å²) in [6, 6.07) is 8.80. The van der Waals surface area contributed by atoms with Gasteiger partial charge < -0.3 is 24.6 Å². The minimum absolute atomic E-state index is 0.0983. The molecule has 0 aromatic heterocycles. The molecule has 1 fully saturated rings. The standard InChI is InChI=1S/C22H33N3O5/c1-16(2)18(23-20(27)30-22(3,4)5)19(26)24-11-13-25(14-12-24)21(28)29-15-17-9-7-6-8-10-17/h6-10,16,18H,11-15H2,1-5H3,(H,23,27). The Bertz CT molecular complexity index is 722. The third-order valence-electron chi connectivity index (χ3n) is 4.66. The number of ether oxygens (including phenoxy) is 2. The van der Waals surface area contributed by atoms with Crippen LogP contribution in [-0.4, -0.2) is 65.7 Å². The van der Waals surface area contributed by atoms with Gasteiger partial charge in [-0.05, 0) is 32.3 Å². The number of piperazine rings is 1. The van der Waals surface area contributed by atoms with Gasteiger partial charge in [0.05, 0.1) is 0 Å². The van der Waals surface area contributed by atoms with E-state index in [-0.39, 0.29) is 18.4 Å². The fourth-order valence-corrected chi connectivity index (χ4v) is 3.06. The lowest BCUT2D eigenvalue weighted by Crippen LogP contribution is -2.57. The average molecular weight is 420 g/mol. The molecule has 0 bridgehead atoms. The van der Waals surface area contributed by atoms with Crippen molar-refractivity contribution in [3.8, 4) is 0 Å². The van der Waals surface area contributed by atoms with Crippen molar-refractivity contribution in [2.24, 2.45) is 5.92 Å². The van der Waals surface area contributed by atoms with Gasteiger partial charge in [-0.3, -0.25) is 4.79 Å². The number of alkyl carbamates (subject to hydrolysis) is 1. The van der Waals surface area contributed by atoms with Gasteiger partial charge in [0, 0.05) is 26.2 Å². The highest BCUT2D eigenvalue weighted by molar-refractivity contribution is 5.86. The van der Waals surface area contributed by atoms with Crippen molar-refractivity contribution in [1.29, 1.82) is 0 Å². The number of carbonyl (C=O) groups is 3. The van der Waals surface area contributed by atoms with Crippen LogP contribution >= 0.6 is 0 Å². The maximum atomic E-state index is 12.9. The Morgan fingerprint density at radius 1 is 1.00 bits per heavy atom. The first kappa shape index (κ1) is 23.5. The van der Waals surface area contributed by atoms with Crippen LogP contribution in [0, 0.1) is 5.92 Å². The molecule has 1 unspecified atom stereocenters. The Kier molecular flexibility index (Phi) is 8.08. The highest BCUT2D eigenvalue weighted by Crippen LogP contribution is 2.13. The van der Waals surface area contributed by atoms with Gasteiger partial charge in [-0.25, -0.2) is 9.59 Å². The zero-order valence-electron chi connectivity index (χ0n) is 18.5. The van der Waals surface area contributed by atoms with Crippen molar-refractivity contribution < 1.29 is 23.9 Å². The van der Waals surface area contributed by atoms with E-state index in [9.17, 15) is 14.4 Å². The first-order valence-corrected chi connectivity index (χ1v) is 10.3. The molecule has 1 aromatic rings. The summed E-state index contributed by atoms with van der Waals surface area (Å²) >= 11 is 0. The average Bonchev–Trinajstić information content (AvgIpc) is 2.69. The van der Waals surface area contributed by atoms with Gasteiger partial charge in [-0.2, -0.15) is 0 Å². The van der Waals surface area contributed by atoms with Crippen molar-refractivity contribution in [3.63, 3.8) is 0 Å². The molecule has 3 amide bonds. The van der Waals surface area contributed by atoms with Gasteiger partial charge >= 0.3 is 12.2 Å². The maximum Gasteiger partial charge on any atom is 0.410 e. The Hall–Kier alpha value is -2.77.